The highest BCUT2D eigenvalue weighted by Crippen LogP contribution is 2.15. The number of benzene rings is 1. The molecule has 9 heteroatoms. The number of esters is 1. The van der Waals surface area contributed by atoms with Crippen LogP contribution in [-0.4, -0.2) is 25.6 Å². The monoisotopic (exact) mass is 356 g/mol. The normalized spacial score (nSPS) is 11.4. The molecule has 0 spiro atoms. The molecule has 2 aromatic rings. The molecule has 0 atom stereocenters. The fourth-order valence-electron chi connectivity index (χ4n) is 1.98. The summed E-state index contributed by atoms with van der Waals surface area (Å²) in [4.78, 5) is 23.4. The molecule has 1 heterocycles. The predicted octanol–water partition coefficient (Wildman–Crippen LogP) is 1.03. The van der Waals surface area contributed by atoms with E-state index < -0.39 is 16.0 Å². The van der Waals surface area contributed by atoms with Crippen LogP contribution in [0, 0.1) is 13.8 Å². The smallest absolute Gasteiger partial charge is 0.338 e. The van der Waals surface area contributed by atoms with E-state index in [1.54, 1.807) is 19.2 Å². The van der Waals surface area contributed by atoms with Crippen molar-refractivity contribution in [3.8, 4) is 0 Å². The molecule has 0 saturated carbocycles. The molecule has 0 aliphatic heterocycles. The number of sulfonamides is 1. The van der Waals surface area contributed by atoms with Gasteiger partial charge in [0.1, 0.15) is 6.61 Å². The van der Waals surface area contributed by atoms with Gasteiger partial charge in [-0.1, -0.05) is 17.4 Å². The molecule has 0 radical (unpaired) electrons. The summed E-state index contributed by atoms with van der Waals surface area (Å²) >= 11 is 1.08. The van der Waals surface area contributed by atoms with Gasteiger partial charge < -0.3 is 4.74 Å². The van der Waals surface area contributed by atoms with Crippen molar-refractivity contribution in [2.45, 2.75) is 25.3 Å². The van der Waals surface area contributed by atoms with E-state index in [0.29, 0.717) is 5.56 Å². The second kappa shape index (κ2) is 6.65. The minimum atomic E-state index is -3.89. The van der Waals surface area contributed by atoms with Crippen LogP contribution in [0.3, 0.4) is 0 Å². The first-order valence-electron chi connectivity index (χ1n) is 6.65. The maximum absolute atomic E-state index is 12.1. The third-order valence-electron chi connectivity index (χ3n) is 3.28. The van der Waals surface area contributed by atoms with Gasteiger partial charge in [-0.05, 0) is 31.5 Å². The van der Waals surface area contributed by atoms with Crippen molar-refractivity contribution in [3.63, 3.8) is 0 Å². The molecule has 1 aromatic carbocycles. The summed E-state index contributed by atoms with van der Waals surface area (Å²) in [6, 6.07) is 4.01. The molecule has 0 unspecified atom stereocenters. The number of hydrogen-bond acceptors (Lipinski definition) is 6. The van der Waals surface area contributed by atoms with Crippen LogP contribution in [0.2, 0.25) is 0 Å². The average Bonchev–Trinajstić information content (AvgIpc) is 2.78. The lowest BCUT2D eigenvalue weighted by Gasteiger charge is -2.09. The first-order chi connectivity index (χ1) is 10.7. The Morgan fingerprint density at radius 2 is 2.04 bits per heavy atom. The van der Waals surface area contributed by atoms with E-state index in [1.165, 1.54) is 22.8 Å². The zero-order valence-corrected chi connectivity index (χ0v) is 14.2. The molecule has 2 rings (SSSR count). The number of aromatic nitrogens is 1. The second-order valence-corrected chi connectivity index (χ2v) is 7.33. The minimum absolute atomic E-state index is 0.00928. The van der Waals surface area contributed by atoms with Crippen molar-refractivity contribution in [1.82, 2.24) is 4.57 Å². The second-order valence-electron chi connectivity index (χ2n) is 4.95. The number of carbonyl (C=O) groups excluding carboxylic acids is 1. The SMILES string of the molecule is Cc1ccc(S(N)(=O)=O)cc1C(=O)OCCn1c(C)csc1=O. The summed E-state index contributed by atoms with van der Waals surface area (Å²) in [5.41, 5.74) is 1.50. The van der Waals surface area contributed by atoms with E-state index >= 15 is 0 Å². The molecule has 0 aliphatic carbocycles. The molecular weight excluding hydrogens is 340 g/mol. The van der Waals surface area contributed by atoms with Crippen molar-refractivity contribution in [3.05, 3.63) is 50.1 Å². The van der Waals surface area contributed by atoms with E-state index in [1.807, 2.05) is 0 Å². The van der Waals surface area contributed by atoms with Gasteiger partial charge in [-0.3, -0.25) is 9.36 Å². The average molecular weight is 356 g/mol. The third-order valence-corrected chi connectivity index (χ3v) is 5.07. The standard InChI is InChI=1S/C14H16N2O5S2/c1-9-3-4-11(23(15,19)20)7-12(9)13(17)21-6-5-16-10(2)8-22-14(16)18/h3-4,7-8H,5-6H2,1-2H3,(H2,15,19,20). The zero-order chi connectivity index (χ0) is 17.2. The summed E-state index contributed by atoms with van der Waals surface area (Å²) in [6.45, 7) is 3.71. The highest BCUT2D eigenvalue weighted by atomic mass is 32.2. The van der Waals surface area contributed by atoms with Gasteiger partial charge in [0.25, 0.3) is 0 Å². The molecule has 0 fully saturated rings. The van der Waals surface area contributed by atoms with Crippen LogP contribution < -0.4 is 10.0 Å². The molecule has 2 N–H and O–H groups in total. The Labute approximate surface area is 137 Å². The van der Waals surface area contributed by atoms with E-state index in [2.05, 4.69) is 0 Å². The number of primary sulfonamides is 1. The number of nitrogens with two attached hydrogens (primary N) is 1. The quantitative estimate of drug-likeness (QED) is 0.805. The first-order valence-corrected chi connectivity index (χ1v) is 9.08. The van der Waals surface area contributed by atoms with Gasteiger partial charge in [-0.2, -0.15) is 0 Å². The molecule has 1 aromatic heterocycles. The zero-order valence-electron chi connectivity index (χ0n) is 12.6. The molecule has 0 saturated heterocycles. The van der Waals surface area contributed by atoms with Crippen LogP contribution in [0.1, 0.15) is 21.6 Å². The van der Waals surface area contributed by atoms with Crippen LogP contribution in [0.4, 0.5) is 0 Å². The number of rotatable bonds is 5. The molecule has 7 nitrogen and oxygen atoms in total. The van der Waals surface area contributed by atoms with Crippen LogP contribution in [0.5, 0.6) is 0 Å². The van der Waals surface area contributed by atoms with Crippen molar-refractivity contribution in [2.75, 3.05) is 6.61 Å². The van der Waals surface area contributed by atoms with Gasteiger partial charge in [0.15, 0.2) is 0 Å². The van der Waals surface area contributed by atoms with Crippen LogP contribution in [-0.2, 0) is 21.3 Å². The van der Waals surface area contributed by atoms with Gasteiger partial charge in [0, 0.05) is 11.1 Å². The van der Waals surface area contributed by atoms with E-state index in [0.717, 1.165) is 17.0 Å². The highest BCUT2D eigenvalue weighted by Gasteiger charge is 2.16. The number of carbonyl (C=O) groups is 1. The molecule has 0 bridgehead atoms. The van der Waals surface area contributed by atoms with Crippen LogP contribution >= 0.6 is 11.3 Å². The summed E-state index contributed by atoms with van der Waals surface area (Å²) in [5, 5.41) is 6.78. The summed E-state index contributed by atoms with van der Waals surface area (Å²) < 4.78 is 29.3. The Morgan fingerprint density at radius 3 is 2.61 bits per heavy atom. The van der Waals surface area contributed by atoms with Crippen LogP contribution in [0.15, 0.2) is 33.3 Å². The van der Waals surface area contributed by atoms with Gasteiger partial charge in [-0.25, -0.2) is 18.4 Å². The first kappa shape index (κ1) is 17.4. The van der Waals surface area contributed by atoms with Crippen molar-refractivity contribution in [1.29, 1.82) is 0 Å². The predicted molar refractivity (Wildman–Crippen MR) is 86.2 cm³/mol. The molecule has 124 valence electrons. The van der Waals surface area contributed by atoms with E-state index in [4.69, 9.17) is 9.88 Å². The van der Waals surface area contributed by atoms with Crippen molar-refractivity contribution >= 4 is 27.3 Å². The number of hydrogen-bond donors (Lipinski definition) is 1. The van der Waals surface area contributed by atoms with Gasteiger partial charge >= 0.3 is 10.8 Å². The van der Waals surface area contributed by atoms with Gasteiger partial charge in [0.05, 0.1) is 17.0 Å². The number of ether oxygens (including phenoxy) is 1. The molecule has 0 amide bonds. The lowest BCUT2D eigenvalue weighted by Crippen LogP contribution is -2.20. The van der Waals surface area contributed by atoms with Gasteiger partial charge in [0.2, 0.25) is 10.0 Å². The summed E-state index contributed by atoms with van der Waals surface area (Å²) in [7, 11) is -3.89. The fourth-order valence-corrected chi connectivity index (χ4v) is 3.28. The number of aryl methyl sites for hydroxylation is 2. The maximum atomic E-state index is 12.1. The Bertz CT molecular complexity index is 896. The lowest BCUT2D eigenvalue weighted by atomic mass is 10.1. The Balaban J connectivity index is 2.11. The Kier molecular flexibility index (Phi) is 5.03. The molecular formula is C14H16N2O5S2. The number of thiazole rings is 1. The largest absolute Gasteiger partial charge is 0.460 e. The highest BCUT2D eigenvalue weighted by molar-refractivity contribution is 7.89. The lowest BCUT2D eigenvalue weighted by molar-refractivity contribution is 0.0489. The summed E-state index contributed by atoms with van der Waals surface area (Å²) in [5.74, 6) is -0.658. The van der Waals surface area contributed by atoms with Gasteiger partial charge in [-0.15, -0.1) is 0 Å². The van der Waals surface area contributed by atoms with Crippen molar-refractivity contribution in [2.24, 2.45) is 5.14 Å². The topological polar surface area (TPSA) is 108 Å². The number of nitrogens with zero attached hydrogens (tertiary/aromatic N) is 1. The van der Waals surface area contributed by atoms with Crippen LogP contribution in [0.25, 0.3) is 0 Å². The Morgan fingerprint density at radius 1 is 1.35 bits per heavy atom. The third kappa shape index (κ3) is 4.06. The molecule has 0 aliphatic rings. The molecule has 23 heavy (non-hydrogen) atoms. The summed E-state index contributed by atoms with van der Waals surface area (Å²) in [6.07, 6.45) is 0. The van der Waals surface area contributed by atoms with Crippen molar-refractivity contribution < 1.29 is 17.9 Å². The minimum Gasteiger partial charge on any atom is -0.460 e. The Hall–Kier alpha value is -1.97. The maximum Gasteiger partial charge on any atom is 0.338 e. The van der Waals surface area contributed by atoms with E-state index in [-0.39, 0.29) is 28.5 Å². The fraction of sp³-hybridized carbons (Fsp3) is 0.286. The van der Waals surface area contributed by atoms with E-state index in [9.17, 15) is 18.0 Å².